The van der Waals surface area contributed by atoms with Crippen LogP contribution in [0.4, 0.5) is 5.69 Å². The maximum absolute atomic E-state index is 12.3. The third-order valence-electron chi connectivity index (χ3n) is 3.22. The smallest absolute Gasteiger partial charge is 0.277 e. The maximum Gasteiger partial charge on any atom is 0.277 e. The normalized spacial score (nSPS) is 10.9. The standard InChI is InChI=1S/C15H21ClN6O2/c1-5-22-8-11(13(20-22)14(23)17-6-9(2)3)18-15(24)12-10(16)7-21(4)19-12/h7-9H,5-6H2,1-4H3,(H,17,23)(H,18,24). The molecule has 0 unspecified atom stereocenters. The highest BCUT2D eigenvalue weighted by Crippen LogP contribution is 2.18. The number of halogens is 1. The van der Waals surface area contributed by atoms with Crippen molar-refractivity contribution in [1.29, 1.82) is 0 Å². The lowest BCUT2D eigenvalue weighted by Gasteiger charge is -2.07. The first-order valence-electron chi connectivity index (χ1n) is 7.68. The number of aryl methyl sites for hydroxylation is 2. The van der Waals surface area contributed by atoms with E-state index in [1.165, 1.54) is 10.9 Å². The van der Waals surface area contributed by atoms with Gasteiger partial charge in [-0.25, -0.2) is 0 Å². The second-order valence-electron chi connectivity index (χ2n) is 5.80. The van der Waals surface area contributed by atoms with E-state index in [0.29, 0.717) is 24.7 Å². The lowest BCUT2D eigenvalue weighted by Crippen LogP contribution is -2.29. The summed E-state index contributed by atoms with van der Waals surface area (Å²) in [5.41, 5.74) is 0.583. The van der Waals surface area contributed by atoms with Gasteiger partial charge in [0, 0.05) is 32.5 Å². The number of rotatable bonds is 6. The number of hydrogen-bond acceptors (Lipinski definition) is 4. The first-order chi connectivity index (χ1) is 11.3. The van der Waals surface area contributed by atoms with E-state index in [4.69, 9.17) is 11.6 Å². The Kier molecular flexibility index (Phi) is 5.61. The van der Waals surface area contributed by atoms with Crippen molar-refractivity contribution in [2.24, 2.45) is 13.0 Å². The Morgan fingerprint density at radius 3 is 2.46 bits per heavy atom. The highest BCUT2D eigenvalue weighted by molar-refractivity contribution is 6.34. The van der Waals surface area contributed by atoms with Crippen molar-refractivity contribution in [3.8, 4) is 0 Å². The summed E-state index contributed by atoms with van der Waals surface area (Å²) >= 11 is 5.98. The molecule has 0 spiro atoms. The Bertz CT molecular complexity index is 749. The van der Waals surface area contributed by atoms with Crippen molar-refractivity contribution < 1.29 is 9.59 Å². The van der Waals surface area contributed by atoms with Crippen LogP contribution in [0.1, 0.15) is 41.7 Å². The van der Waals surface area contributed by atoms with Crippen LogP contribution in [-0.2, 0) is 13.6 Å². The molecule has 2 heterocycles. The molecule has 2 aromatic heterocycles. The molecule has 130 valence electrons. The fraction of sp³-hybridized carbons (Fsp3) is 0.467. The van der Waals surface area contributed by atoms with Crippen molar-refractivity contribution in [3.05, 3.63) is 28.8 Å². The van der Waals surface area contributed by atoms with Crippen LogP contribution in [-0.4, -0.2) is 37.9 Å². The minimum absolute atomic E-state index is 0.0944. The summed E-state index contributed by atoms with van der Waals surface area (Å²) in [6, 6.07) is 0. The Morgan fingerprint density at radius 1 is 1.21 bits per heavy atom. The summed E-state index contributed by atoms with van der Waals surface area (Å²) in [6.07, 6.45) is 3.14. The van der Waals surface area contributed by atoms with Crippen LogP contribution in [0.5, 0.6) is 0 Å². The number of anilines is 1. The molecule has 2 N–H and O–H groups in total. The first-order valence-corrected chi connectivity index (χ1v) is 8.05. The van der Waals surface area contributed by atoms with Crippen LogP contribution >= 0.6 is 11.6 Å². The predicted octanol–water partition coefficient (Wildman–Crippen LogP) is 1.93. The topological polar surface area (TPSA) is 93.8 Å². The molecule has 0 radical (unpaired) electrons. The Labute approximate surface area is 145 Å². The summed E-state index contributed by atoms with van der Waals surface area (Å²) in [4.78, 5) is 24.7. The summed E-state index contributed by atoms with van der Waals surface area (Å²) < 4.78 is 3.03. The predicted molar refractivity (Wildman–Crippen MR) is 91.2 cm³/mol. The van der Waals surface area contributed by atoms with Gasteiger partial charge >= 0.3 is 0 Å². The third-order valence-corrected chi connectivity index (χ3v) is 3.50. The van der Waals surface area contributed by atoms with Crippen molar-refractivity contribution in [2.45, 2.75) is 27.3 Å². The Hall–Kier alpha value is -2.35. The van der Waals surface area contributed by atoms with Gasteiger partial charge in [0.2, 0.25) is 0 Å². The average Bonchev–Trinajstić information content (AvgIpc) is 3.07. The third kappa shape index (κ3) is 4.14. The minimum Gasteiger partial charge on any atom is -0.350 e. The fourth-order valence-electron chi connectivity index (χ4n) is 2.02. The van der Waals surface area contributed by atoms with E-state index in [9.17, 15) is 9.59 Å². The average molecular weight is 353 g/mol. The van der Waals surface area contributed by atoms with E-state index in [0.717, 1.165) is 0 Å². The highest BCUT2D eigenvalue weighted by atomic mass is 35.5. The molecule has 0 atom stereocenters. The lowest BCUT2D eigenvalue weighted by atomic mass is 10.2. The molecule has 0 fully saturated rings. The largest absolute Gasteiger partial charge is 0.350 e. The zero-order chi connectivity index (χ0) is 17.9. The molecule has 9 heteroatoms. The molecule has 0 saturated heterocycles. The van der Waals surface area contributed by atoms with Gasteiger partial charge in [0.25, 0.3) is 11.8 Å². The van der Waals surface area contributed by atoms with Gasteiger partial charge in [0.1, 0.15) is 0 Å². The fourth-order valence-corrected chi connectivity index (χ4v) is 2.28. The van der Waals surface area contributed by atoms with Crippen LogP contribution in [0, 0.1) is 5.92 Å². The molecule has 0 aliphatic rings. The van der Waals surface area contributed by atoms with E-state index in [1.54, 1.807) is 17.9 Å². The number of carbonyl (C=O) groups is 2. The Morgan fingerprint density at radius 2 is 1.92 bits per heavy atom. The van der Waals surface area contributed by atoms with Gasteiger partial charge in [0.15, 0.2) is 11.4 Å². The van der Waals surface area contributed by atoms with Gasteiger partial charge < -0.3 is 10.6 Å². The van der Waals surface area contributed by atoms with Gasteiger partial charge in [-0.2, -0.15) is 10.2 Å². The van der Waals surface area contributed by atoms with E-state index in [1.807, 2.05) is 20.8 Å². The van der Waals surface area contributed by atoms with E-state index in [-0.39, 0.29) is 22.3 Å². The molecule has 24 heavy (non-hydrogen) atoms. The van der Waals surface area contributed by atoms with E-state index < -0.39 is 5.91 Å². The Balaban J connectivity index is 2.22. The van der Waals surface area contributed by atoms with Crippen LogP contribution in [0.25, 0.3) is 0 Å². The van der Waals surface area contributed by atoms with Crippen LogP contribution in [0.3, 0.4) is 0 Å². The zero-order valence-corrected chi connectivity index (χ0v) is 14.9. The zero-order valence-electron chi connectivity index (χ0n) is 14.1. The second-order valence-corrected chi connectivity index (χ2v) is 6.21. The molecule has 2 rings (SSSR count). The van der Waals surface area contributed by atoms with Crippen LogP contribution in [0.15, 0.2) is 12.4 Å². The first kappa shape index (κ1) is 18.0. The molecule has 8 nitrogen and oxygen atoms in total. The molecule has 2 aromatic rings. The summed E-state index contributed by atoms with van der Waals surface area (Å²) in [5.74, 6) is -0.514. The van der Waals surface area contributed by atoms with Crippen molar-refractivity contribution in [3.63, 3.8) is 0 Å². The highest BCUT2D eigenvalue weighted by Gasteiger charge is 2.21. The second kappa shape index (κ2) is 7.48. The number of amides is 2. The summed E-state index contributed by atoms with van der Waals surface area (Å²) in [5, 5.41) is 13.9. The van der Waals surface area contributed by atoms with Gasteiger partial charge in [-0.3, -0.25) is 19.0 Å². The van der Waals surface area contributed by atoms with Crippen LogP contribution < -0.4 is 10.6 Å². The van der Waals surface area contributed by atoms with E-state index >= 15 is 0 Å². The summed E-state index contributed by atoms with van der Waals surface area (Å²) in [6.45, 7) is 6.99. The number of nitrogens with one attached hydrogen (secondary N) is 2. The minimum atomic E-state index is -0.492. The van der Waals surface area contributed by atoms with Gasteiger partial charge in [-0.15, -0.1) is 0 Å². The molecule has 0 aromatic carbocycles. The van der Waals surface area contributed by atoms with Crippen molar-refractivity contribution >= 4 is 29.1 Å². The van der Waals surface area contributed by atoms with Gasteiger partial charge in [-0.05, 0) is 12.8 Å². The van der Waals surface area contributed by atoms with Gasteiger partial charge in [0.05, 0.1) is 10.7 Å². The number of carbonyl (C=O) groups excluding carboxylic acids is 2. The van der Waals surface area contributed by atoms with E-state index in [2.05, 4.69) is 20.8 Å². The summed E-state index contributed by atoms with van der Waals surface area (Å²) in [7, 11) is 1.67. The van der Waals surface area contributed by atoms with Gasteiger partial charge in [-0.1, -0.05) is 25.4 Å². The molecule has 2 amide bonds. The number of aromatic nitrogens is 4. The van der Waals surface area contributed by atoms with Crippen molar-refractivity contribution in [1.82, 2.24) is 24.9 Å². The molecule has 0 saturated carbocycles. The molecule has 0 bridgehead atoms. The maximum atomic E-state index is 12.3. The SMILES string of the molecule is CCn1cc(NC(=O)c2nn(C)cc2Cl)c(C(=O)NCC(C)C)n1. The molecule has 0 aliphatic heterocycles. The molecular formula is C15H21ClN6O2. The number of hydrogen-bond donors (Lipinski definition) is 2. The molecular weight excluding hydrogens is 332 g/mol. The van der Waals surface area contributed by atoms with Crippen LogP contribution in [0.2, 0.25) is 5.02 Å². The number of nitrogens with zero attached hydrogens (tertiary/aromatic N) is 4. The molecule has 0 aliphatic carbocycles. The quantitative estimate of drug-likeness (QED) is 0.830. The monoisotopic (exact) mass is 352 g/mol. The lowest BCUT2D eigenvalue weighted by molar-refractivity contribution is 0.0944. The van der Waals surface area contributed by atoms with Crippen molar-refractivity contribution in [2.75, 3.05) is 11.9 Å².